The maximum absolute atomic E-state index is 10.6. The molecule has 0 aromatic carbocycles. The molecule has 0 aromatic heterocycles. The van der Waals surface area contributed by atoms with Crippen molar-refractivity contribution in [1.82, 2.24) is 0 Å². The molecule has 0 radical (unpaired) electrons. The van der Waals surface area contributed by atoms with E-state index in [2.05, 4.69) is 15.8 Å². The third-order valence-electron chi connectivity index (χ3n) is 1.17. The highest BCUT2D eigenvalue weighted by molar-refractivity contribution is 7.53. The molecule has 4 N–H and O–H groups in total. The van der Waals surface area contributed by atoms with Crippen LogP contribution < -0.4 is 11.0 Å². The van der Waals surface area contributed by atoms with Gasteiger partial charge < -0.3 is 9.26 Å². The predicted molar refractivity (Wildman–Crippen MR) is 68.2 cm³/mol. The van der Waals surface area contributed by atoms with E-state index in [1.54, 1.807) is 20.8 Å². The summed E-state index contributed by atoms with van der Waals surface area (Å²) in [6.07, 6.45) is 0.0646. The first-order valence-electron chi connectivity index (χ1n) is 5.15. The van der Waals surface area contributed by atoms with Gasteiger partial charge >= 0.3 is 13.6 Å². The lowest BCUT2D eigenvalue weighted by Gasteiger charge is -2.09. The molecule has 0 spiro atoms. The van der Waals surface area contributed by atoms with Crippen LogP contribution in [0.3, 0.4) is 0 Å². The van der Waals surface area contributed by atoms with Crippen LogP contribution in [0.2, 0.25) is 0 Å². The number of nitriles is 1. The molecule has 7 nitrogen and oxygen atoms in total. The SMILES string of the molecule is C=C(C)C(=O)OCCC#N.CC(C)OP(N)(N)=O. The molecule has 0 aliphatic heterocycles. The van der Waals surface area contributed by atoms with Crippen molar-refractivity contribution in [3.05, 3.63) is 12.2 Å². The van der Waals surface area contributed by atoms with Gasteiger partial charge in [-0.05, 0) is 20.8 Å². The van der Waals surface area contributed by atoms with Gasteiger partial charge in [-0.1, -0.05) is 6.58 Å². The molecule has 0 unspecified atom stereocenters. The maximum Gasteiger partial charge on any atom is 0.335 e. The van der Waals surface area contributed by atoms with Crippen LogP contribution in [-0.2, 0) is 18.6 Å². The van der Waals surface area contributed by atoms with Crippen LogP contribution in [0, 0.1) is 11.3 Å². The Morgan fingerprint density at radius 3 is 2.22 bits per heavy atom. The minimum absolute atomic E-state index is 0.155. The standard InChI is InChI=1S/C7H9NO2.C3H11N2O2P/c1-6(2)7(9)10-5-3-4-8;1-3(2)7-8(4,5)6/h1,3,5H2,2H3;3H,1-2H3,(H4,4,5,6). The summed E-state index contributed by atoms with van der Waals surface area (Å²) in [6, 6.07) is 1.86. The fourth-order valence-corrected chi connectivity index (χ4v) is 1.30. The number of carbonyl (C=O) groups is 1. The third kappa shape index (κ3) is 17.2. The van der Waals surface area contributed by atoms with Crippen LogP contribution in [-0.4, -0.2) is 18.7 Å². The Balaban J connectivity index is 0. The number of nitrogens with two attached hydrogens (primary N) is 2. The number of ether oxygens (including phenoxy) is 1. The Labute approximate surface area is 107 Å². The van der Waals surface area contributed by atoms with Crippen molar-refractivity contribution in [2.24, 2.45) is 11.0 Å². The van der Waals surface area contributed by atoms with Crippen molar-refractivity contribution < 1.29 is 18.6 Å². The minimum Gasteiger partial charge on any atom is -0.461 e. The quantitative estimate of drug-likeness (QED) is 0.337. The molecular weight excluding hydrogens is 257 g/mol. The summed E-state index contributed by atoms with van der Waals surface area (Å²) in [5.41, 5.74) is 10.1. The van der Waals surface area contributed by atoms with Crippen LogP contribution in [0.1, 0.15) is 27.2 Å². The van der Waals surface area contributed by atoms with Gasteiger partial charge in [0.05, 0.1) is 18.6 Å². The Morgan fingerprint density at radius 2 is 2.00 bits per heavy atom. The van der Waals surface area contributed by atoms with Gasteiger partial charge in [-0.2, -0.15) is 5.26 Å². The molecule has 0 amide bonds. The van der Waals surface area contributed by atoms with E-state index in [-0.39, 0.29) is 19.1 Å². The number of carbonyl (C=O) groups excluding carboxylic acids is 1. The Bertz CT molecular complexity index is 357. The molecule has 18 heavy (non-hydrogen) atoms. The lowest BCUT2D eigenvalue weighted by molar-refractivity contribution is -0.138. The average molecular weight is 277 g/mol. The van der Waals surface area contributed by atoms with Gasteiger partial charge in [-0.3, -0.25) is 4.57 Å². The van der Waals surface area contributed by atoms with Crippen molar-refractivity contribution in [3.8, 4) is 6.07 Å². The lowest BCUT2D eigenvalue weighted by Crippen LogP contribution is -2.12. The first-order chi connectivity index (χ1) is 8.10. The zero-order chi connectivity index (χ0) is 14.8. The molecule has 0 rings (SSSR count). The molecule has 0 aliphatic carbocycles. The summed E-state index contributed by atoms with van der Waals surface area (Å²) in [5.74, 6) is -0.435. The number of hydrogen-bond donors (Lipinski definition) is 2. The van der Waals surface area contributed by atoms with Crippen molar-refractivity contribution >= 4 is 13.6 Å². The zero-order valence-corrected chi connectivity index (χ0v) is 11.8. The molecular formula is C10H20N3O4P. The molecule has 8 heteroatoms. The van der Waals surface area contributed by atoms with Crippen molar-refractivity contribution in [2.45, 2.75) is 33.3 Å². The van der Waals surface area contributed by atoms with E-state index < -0.39 is 13.6 Å². The molecule has 0 heterocycles. The summed E-state index contributed by atoms with van der Waals surface area (Å²) in [6.45, 7) is 8.52. The maximum atomic E-state index is 10.6. The van der Waals surface area contributed by atoms with E-state index >= 15 is 0 Å². The zero-order valence-electron chi connectivity index (χ0n) is 10.9. The summed E-state index contributed by atoms with van der Waals surface area (Å²) in [4.78, 5) is 10.6. The average Bonchev–Trinajstić information content (AvgIpc) is 2.14. The van der Waals surface area contributed by atoms with Gasteiger partial charge in [0.15, 0.2) is 0 Å². The lowest BCUT2D eigenvalue weighted by atomic mass is 10.4. The number of rotatable bonds is 5. The number of nitrogens with zero attached hydrogens (tertiary/aromatic N) is 1. The van der Waals surface area contributed by atoms with Gasteiger partial charge in [-0.15, -0.1) is 0 Å². The Morgan fingerprint density at radius 1 is 1.50 bits per heavy atom. The van der Waals surface area contributed by atoms with Gasteiger partial charge in [0, 0.05) is 5.57 Å². The second kappa shape index (κ2) is 9.80. The molecule has 0 saturated carbocycles. The van der Waals surface area contributed by atoms with Crippen molar-refractivity contribution in [1.29, 1.82) is 5.26 Å². The van der Waals surface area contributed by atoms with Crippen LogP contribution in [0.25, 0.3) is 0 Å². The van der Waals surface area contributed by atoms with Crippen molar-refractivity contribution in [2.75, 3.05) is 6.61 Å². The minimum atomic E-state index is -3.22. The molecule has 0 saturated heterocycles. The van der Waals surface area contributed by atoms with E-state index in [0.29, 0.717) is 5.57 Å². The van der Waals surface area contributed by atoms with E-state index in [1.165, 1.54) is 0 Å². The Kier molecular flexibility index (Phi) is 10.4. The molecule has 104 valence electrons. The van der Waals surface area contributed by atoms with E-state index in [0.717, 1.165) is 0 Å². The predicted octanol–water partition coefficient (Wildman–Crippen LogP) is 1.46. The molecule has 0 fully saturated rings. The second-order valence-electron chi connectivity index (χ2n) is 3.62. The fourth-order valence-electron chi connectivity index (χ4n) is 0.642. The number of hydrogen-bond acceptors (Lipinski definition) is 5. The van der Waals surface area contributed by atoms with E-state index in [1.807, 2.05) is 6.07 Å². The molecule has 0 aromatic rings. The van der Waals surface area contributed by atoms with Gasteiger partial charge in [-0.25, -0.2) is 15.8 Å². The summed E-state index contributed by atoms with van der Waals surface area (Å²) < 4.78 is 19.5. The smallest absolute Gasteiger partial charge is 0.335 e. The molecule has 0 aliphatic rings. The topological polar surface area (TPSA) is 128 Å². The largest absolute Gasteiger partial charge is 0.461 e. The summed E-state index contributed by atoms with van der Waals surface area (Å²) in [7, 11) is -3.22. The van der Waals surface area contributed by atoms with Gasteiger partial charge in [0.2, 0.25) is 0 Å². The van der Waals surface area contributed by atoms with Crippen LogP contribution in [0.15, 0.2) is 12.2 Å². The summed E-state index contributed by atoms with van der Waals surface area (Å²) >= 11 is 0. The normalized spacial score (nSPS) is 10.1. The second-order valence-corrected chi connectivity index (χ2v) is 5.13. The highest BCUT2D eigenvalue weighted by atomic mass is 31.2. The Hall–Kier alpha value is -1.19. The van der Waals surface area contributed by atoms with Crippen LogP contribution >= 0.6 is 7.67 Å². The van der Waals surface area contributed by atoms with E-state index in [9.17, 15) is 9.36 Å². The summed E-state index contributed by atoms with van der Waals surface area (Å²) in [5, 5.41) is 8.05. The van der Waals surface area contributed by atoms with Crippen molar-refractivity contribution in [3.63, 3.8) is 0 Å². The fraction of sp³-hybridized carbons (Fsp3) is 0.600. The van der Waals surface area contributed by atoms with Crippen LogP contribution in [0.4, 0.5) is 0 Å². The first kappa shape index (κ1) is 19.2. The highest BCUT2D eigenvalue weighted by Crippen LogP contribution is 2.27. The van der Waals surface area contributed by atoms with E-state index in [4.69, 9.17) is 16.3 Å². The first-order valence-corrected chi connectivity index (χ1v) is 6.91. The molecule has 0 atom stereocenters. The highest BCUT2D eigenvalue weighted by Gasteiger charge is 2.09. The van der Waals surface area contributed by atoms with Gasteiger partial charge in [0.1, 0.15) is 6.61 Å². The third-order valence-corrected chi connectivity index (χ3v) is 1.92. The van der Waals surface area contributed by atoms with Gasteiger partial charge in [0.25, 0.3) is 0 Å². The number of esters is 1. The van der Waals surface area contributed by atoms with Crippen LogP contribution in [0.5, 0.6) is 0 Å². The monoisotopic (exact) mass is 277 g/mol. The molecule has 0 bridgehead atoms.